The fourth-order valence-corrected chi connectivity index (χ4v) is 1.98. The summed E-state index contributed by atoms with van der Waals surface area (Å²) in [4.78, 5) is 0. The number of rotatable bonds is 7. The zero-order valence-corrected chi connectivity index (χ0v) is 10.1. The van der Waals surface area contributed by atoms with Crippen molar-refractivity contribution in [2.45, 2.75) is 19.4 Å². The molecule has 0 N–H and O–H groups in total. The Kier molecular flexibility index (Phi) is 4.94. The van der Waals surface area contributed by atoms with Gasteiger partial charge in [0.15, 0.2) is 9.76 Å². The molecule has 1 rings (SSSR count). The molecule has 0 amide bonds. The van der Waals surface area contributed by atoms with Crippen LogP contribution < -0.4 is 0 Å². The first kappa shape index (κ1) is 11.2. The van der Waals surface area contributed by atoms with Gasteiger partial charge < -0.3 is 13.9 Å². The minimum Gasteiger partial charge on any atom is -0.427 e. The summed E-state index contributed by atoms with van der Waals surface area (Å²) in [7, 11) is 1.48. The molecule has 4 heteroatoms. The second-order valence-electron chi connectivity index (χ2n) is 3.75. The van der Waals surface area contributed by atoms with Crippen LogP contribution in [0.5, 0.6) is 0 Å². The smallest absolute Gasteiger partial charge is 0.163 e. The highest BCUT2D eigenvalue weighted by atomic mass is 28.2. The van der Waals surface area contributed by atoms with Crippen LogP contribution in [0.2, 0.25) is 6.04 Å². The average molecular weight is 204 g/mol. The van der Waals surface area contributed by atoms with Crippen molar-refractivity contribution in [2.75, 3.05) is 33.5 Å². The Labute approximate surface area is 82.7 Å². The Hall–Kier alpha value is 0.0969. The Morgan fingerprint density at radius 1 is 1.46 bits per heavy atom. The molecule has 0 aromatic heterocycles. The highest BCUT2D eigenvalue weighted by Crippen LogP contribution is 2.31. The minimum absolute atomic E-state index is 0.293. The third-order valence-electron chi connectivity index (χ3n) is 2.61. The zero-order chi connectivity index (χ0) is 9.57. The summed E-state index contributed by atoms with van der Waals surface area (Å²) in [6.07, 6.45) is 1.16. The van der Waals surface area contributed by atoms with Gasteiger partial charge in [0.05, 0.1) is 19.8 Å². The molecule has 0 aliphatic carbocycles. The predicted octanol–water partition coefficient (Wildman–Crippen LogP) is 0.578. The molecule has 78 valence electrons. The molecule has 0 atom stereocenters. The van der Waals surface area contributed by atoms with Crippen LogP contribution in [0.25, 0.3) is 0 Å². The van der Waals surface area contributed by atoms with E-state index in [2.05, 4.69) is 6.92 Å². The second-order valence-corrected chi connectivity index (χ2v) is 5.44. The van der Waals surface area contributed by atoms with Crippen LogP contribution in [0.15, 0.2) is 0 Å². The van der Waals surface area contributed by atoms with Gasteiger partial charge in [-0.05, 0) is 12.5 Å². The van der Waals surface area contributed by atoms with Gasteiger partial charge in [-0.15, -0.1) is 0 Å². The summed E-state index contributed by atoms with van der Waals surface area (Å²) in [6, 6.07) is 1.12. The molecule has 0 aromatic carbocycles. The van der Waals surface area contributed by atoms with E-state index in [1.54, 1.807) is 7.11 Å². The van der Waals surface area contributed by atoms with Crippen LogP contribution in [-0.2, 0) is 13.9 Å². The lowest BCUT2D eigenvalue weighted by Gasteiger charge is -2.40. The first-order valence-electron chi connectivity index (χ1n) is 4.97. The SMILES string of the molecule is CCC1(COCC[SiH2]OC)COC1. The summed E-state index contributed by atoms with van der Waals surface area (Å²) in [6.45, 7) is 5.69. The van der Waals surface area contributed by atoms with Gasteiger partial charge in [0.25, 0.3) is 0 Å². The molecule has 3 nitrogen and oxygen atoms in total. The molecular weight excluding hydrogens is 184 g/mol. The molecule has 13 heavy (non-hydrogen) atoms. The van der Waals surface area contributed by atoms with Crippen LogP contribution in [-0.4, -0.2) is 43.3 Å². The topological polar surface area (TPSA) is 27.7 Å². The van der Waals surface area contributed by atoms with Crippen molar-refractivity contribution < 1.29 is 13.9 Å². The van der Waals surface area contributed by atoms with E-state index in [1.807, 2.05) is 0 Å². The van der Waals surface area contributed by atoms with Crippen LogP contribution in [0, 0.1) is 5.41 Å². The maximum Gasteiger partial charge on any atom is 0.163 e. The normalized spacial score (nSPS) is 20.8. The fraction of sp³-hybridized carbons (Fsp3) is 1.00. The van der Waals surface area contributed by atoms with Gasteiger partial charge in [0.2, 0.25) is 0 Å². The van der Waals surface area contributed by atoms with Crippen LogP contribution in [0.4, 0.5) is 0 Å². The molecular formula is C9H20O3Si. The van der Waals surface area contributed by atoms with Gasteiger partial charge in [-0.25, -0.2) is 0 Å². The zero-order valence-electron chi connectivity index (χ0n) is 8.67. The summed E-state index contributed by atoms with van der Waals surface area (Å²) < 4.78 is 15.9. The van der Waals surface area contributed by atoms with Crippen molar-refractivity contribution in [1.29, 1.82) is 0 Å². The lowest BCUT2D eigenvalue weighted by atomic mass is 9.84. The van der Waals surface area contributed by atoms with E-state index in [4.69, 9.17) is 13.9 Å². The van der Waals surface area contributed by atoms with Crippen molar-refractivity contribution in [1.82, 2.24) is 0 Å². The molecule has 0 saturated carbocycles. The van der Waals surface area contributed by atoms with Crippen molar-refractivity contribution in [3.63, 3.8) is 0 Å². The lowest BCUT2D eigenvalue weighted by Crippen LogP contribution is -2.45. The van der Waals surface area contributed by atoms with Gasteiger partial charge in [-0.3, -0.25) is 0 Å². The quantitative estimate of drug-likeness (QED) is 0.448. The Bertz CT molecular complexity index is 131. The molecule has 1 aliphatic rings. The second kappa shape index (κ2) is 5.75. The summed E-state index contributed by atoms with van der Waals surface area (Å²) in [5.74, 6) is 0. The van der Waals surface area contributed by atoms with Gasteiger partial charge in [-0.1, -0.05) is 6.92 Å². The van der Waals surface area contributed by atoms with E-state index in [9.17, 15) is 0 Å². The van der Waals surface area contributed by atoms with Gasteiger partial charge in [-0.2, -0.15) is 0 Å². The molecule has 1 saturated heterocycles. The Morgan fingerprint density at radius 3 is 2.69 bits per heavy atom. The largest absolute Gasteiger partial charge is 0.427 e. The third-order valence-corrected chi connectivity index (χ3v) is 3.60. The maximum absolute atomic E-state index is 5.61. The van der Waals surface area contributed by atoms with E-state index in [1.165, 1.54) is 0 Å². The highest BCUT2D eigenvalue weighted by Gasteiger charge is 2.36. The van der Waals surface area contributed by atoms with Crippen molar-refractivity contribution in [2.24, 2.45) is 5.41 Å². The molecule has 1 fully saturated rings. The molecule has 0 aromatic rings. The lowest BCUT2D eigenvalue weighted by molar-refractivity contribution is -0.149. The monoisotopic (exact) mass is 204 g/mol. The molecule has 0 spiro atoms. The summed E-state index contributed by atoms with van der Waals surface area (Å²) >= 11 is 0. The van der Waals surface area contributed by atoms with Crippen LogP contribution >= 0.6 is 0 Å². The van der Waals surface area contributed by atoms with E-state index >= 15 is 0 Å². The van der Waals surface area contributed by atoms with Gasteiger partial charge in [0, 0.05) is 19.1 Å². The molecule has 0 unspecified atom stereocenters. The number of ether oxygens (including phenoxy) is 2. The molecule has 0 radical (unpaired) electrons. The van der Waals surface area contributed by atoms with Crippen molar-refractivity contribution in [3.8, 4) is 0 Å². The van der Waals surface area contributed by atoms with Crippen molar-refractivity contribution in [3.05, 3.63) is 0 Å². The van der Waals surface area contributed by atoms with E-state index < -0.39 is 0 Å². The first-order valence-corrected chi connectivity index (χ1v) is 6.55. The third kappa shape index (κ3) is 3.38. The molecule has 1 aliphatic heterocycles. The van der Waals surface area contributed by atoms with E-state index in [0.717, 1.165) is 38.9 Å². The van der Waals surface area contributed by atoms with Crippen molar-refractivity contribution >= 4 is 9.76 Å². The van der Waals surface area contributed by atoms with Gasteiger partial charge >= 0.3 is 0 Å². The standard InChI is InChI=1S/C9H20O3Si/c1-3-9(7-12-8-9)6-11-4-5-13-10-2/h3-8,13H2,1-2H3. The maximum atomic E-state index is 5.61. The molecule has 0 bridgehead atoms. The first-order chi connectivity index (χ1) is 6.33. The van der Waals surface area contributed by atoms with E-state index in [-0.39, 0.29) is 9.76 Å². The number of hydrogen-bond acceptors (Lipinski definition) is 3. The highest BCUT2D eigenvalue weighted by molar-refractivity contribution is 6.26. The van der Waals surface area contributed by atoms with E-state index in [0.29, 0.717) is 5.41 Å². The Morgan fingerprint density at radius 2 is 2.23 bits per heavy atom. The minimum atomic E-state index is -0.293. The Balaban J connectivity index is 1.98. The summed E-state index contributed by atoms with van der Waals surface area (Å²) in [5.41, 5.74) is 0.342. The predicted molar refractivity (Wildman–Crippen MR) is 54.7 cm³/mol. The van der Waals surface area contributed by atoms with Gasteiger partial charge in [0.1, 0.15) is 0 Å². The molecule has 1 heterocycles. The van der Waals surface area contributed by atoms with Crippen LogP contribution in [0.3, 0.4) is 0 Å². The van der Waals surface area contributed by atoms with Crippen LogP contribution in [0.1, 0.15) is 13.3 Å². The average Bonchev–Trinajstić information content (AvgIpc) is 2.09. The fourth-order valence-electron chi connectivity index (χ4n) is 1.37. The number of hydrogen-bond donors (Lipinski definition) is 0. The summed E-state index contributed by atoms with van der Waals surface area (Å²) in [5, 5.41) is 0.